The molecule has 3 heteroatoms. The summed E-state index contributed by atoms with van der Waals surface area (Å²) in [6, 6.07) is 10.6. The first-order chi connectivity index (χ1) is 11.1. The Morgan fingerprint density at radius 1 is 1.09 bits per heavy atom. The molecule has 3 unspecified atom stereocenters. The van der Waals surface area contributed by atoms with E-state index in [1.165, 1.54) is 18.4 Å². The third-order valence-electron chi connectivity index (χ3n) is 6.76. The summed E-state index contributed by atoms with van der Waals surface area (Å²) in [7, 11) is 0. The van der Waals surface area contributed by atoms with Gasteiger partial charge in [0.15, 0.2) is 0 Å². The van der Waals surface area contributed by atoms with E-state index < -0.39 is 0 Å². The van der Waals surface area contributed by atoms with Crippen molar-refractivity contribution >= 4 is 5.91 Å². The normalized spacial score (nSPS) is 37.0. The van der Waals surface area contributed by atoms with E-state index in [4.69, 9.17) is 0 Å². The Labute approximate surface area is 139 Å². The van der Waals surface area contributed by atoms with Crippen molar-refractivity contribution in [1.82, 2.24) is 9.80 Å². The van der Waals surface area contributed by atoms with Crippen LogP contribution in [0, 0.1) is 5.92 Å². The summed E-state index contributed by atoms with van der Waals surface area (Å²) >= 11 is 0. The molecule has 0 bridgehead atoms. The fraction of sp³-hybridized carbons (Fsp3) is 0.650. The summed E-state index contributed by atoms with van der Waals surface area (Å²) < 4.78 is 0. The van der Waals surface area contributed by atoms with Gasteiger partial charge < -0.3 is 4.90 Å². The molecule has 3 aliphatic heterocycles. The number of aryl methyl sites for hydroxylation is 1. The number of carbonyl (C=O) groups excluding carboxylic acids is 1. The van der Waals surface area contributed by atoms with E-state index in [1.807, 2.05) is 0 Å². The monoisotopic (exact) mass is 312 g/mol. The smallest absolute Gasteiger partial charge is 0.229 e. The number of hydrogen-bond donors (Lipinski definition) is 0. The maximum absolute atomic E-state index is 13.3. The highest BCUT2D eigenvalue weighted by molar-refractivity contribution is 5.82. The number of rotatable bonds is 3. The lowest BCUT2D eigenvalue weighted by Crippen LogP contribution is -2.71. The molecule has 3 atom stereocenters. The van der Waals surface area contributed by atoms with Crippen LogP contribution in [0.25, 0.3) is 0 Å². The predicted octanol–water partition coefficient (Wildman–Crippen LogP) is 3.44. The Morgan fingerprint density at radius 3 is 2.61 bits per heavy atom. The molecular formula is C20H28N2O. The van der Waals surface area contributed by atoms with Crippen LogP contribution in [0.3, 0.4) is 0 Å². The molecule has 3 heterocycles. The largest absolute Gasteiger partial charge is 0.324 e. The van der Waals surface area contributed by atoms with E-state index in [-0.39, 0.29) is 17.1 Å². The van der Waals surface area contributed by atoms with Gasteiger partial charge in [0.25, 0.3) is 0 Å². The Balaban J connectivity index is 1.62. The molecule has 3 nitrogen and oxygen atoms in total. The van der Waals surface area contributed by atoms with Gasteiger partial charge in [-0.25, -0.2) is 0 Å². The van der Waals surface area contributed by atoms with Crippen molar-refractivity contribution in [2.75, 3.05) is 13.1 Å². The second-order valence-corrected chi connectivity index (χ2v) is 8.00. The Morgan fingerprint density at radius 2 is 1.83 bits per heavy atom. The molecule has 23 heavy (non-hydrogen) atoms. The van der Waals surface area contributed by atoms with Crippen molar-refractivity contribution in [2.45, 2.75) is 63.6 Å². The summed E-state index contributed by atoms with van der Waals surface area (Å²) in [6.45, 7) is 6.76. The standard InChI is InChI=1S/C20H28N2O/c1-19-12-6-15-22(19)20(2)13-7-14-21(20)18(23)17(19)11-10-16-8-4-3-5-9-16/h3-5,8-9,17H,6-7,10-15H2,1-2H3. The van der Waals surface area contributed by atoms with Crippen LogP contribution < -0.4 is 0 Å². The molecule has 124 valence electrons. The van der Waals surface area contributed by atoms with Gasteiger partial charge >= 0.3 is 0 Å². The third kappa shape index (κ3) is 2.16. The quantitative estimate of drug-likeness (QED) is 0.853. The average molecular weight is 312 g/mol. The Kier molecular flexibility index (Phi) is 3.53. The van der Waals surface area contributed by atoms with E-state index >= 15 is 0 Å². The van der Waals surface area contributed by atoms with Gasteiger partial charge in [-0.1, -0.05) is 30.3 Å². The number of carbonyl (C=O) groups is 1. The van der Waals surface area contributed by atoms with Gasteiger partial charge in [-0.2, -0.15) is 0 Å². The maximum Gasteiger partial charge on any atom is 0.229 e. The predicted molar refractivity (Wildman–Crippen MR) is 92.0 cm³/mol. The molecule has 0 aromatic heterocycles. The van der Waals surface area contributed by atoms with Crippen LogP contribution in [-0.2, 0) is 11.2 Å². The van der Waals surface area contributed by atoms with Crippen molar-refractivity contribution in [2.24, 2.45) is 5.92 Å². The molecule has 0 spiro atoms. The van der Waals surface area contributed by atoms with Crippen molar-refractivity contribution < 1.29 is 4.79 Å². The maximum atomic E-state index is 13.3. The zero-order valence-electron chi connectivity index (χ0n) is 14.4. The summed E-state index contributed by atoms with van der Waals surface area (Å²) in [4.78, 5) is 18.2. The lowest BCUT2D eigenvalue weighted by atomic mass is 9.75. The number of benzene rings is 1. The molecule has 3 fully saturated rings. The number of hydrogen-bond acceptors (Lipinski definition) is 2. The fourth-order valence-electron chi connectivity index (χ4n) is 5.56. The summed E-state index contributed by atoms with van der Waals surface area (Å²) in [6.07, 6.45) is 6.67. The van der Waals surface area contributed by atoms with Gasteiger partial charge in [0.05, 0.1) is 11.6 Å². The number of nitrogens with zero attached hydrogens (tertiary/aromatic N) is 2. The highest BCUT2D eigenvalue weighted by atomic mass is 16.2. The van der Waals surface area contributed by atoms with Crippen LogP contribution in [0.1, 0.15) is 51.5 Å². The van der Waals surface area contributed by atoms with Crippen molar-refractivity contribution in [3.63, 3.8) is 0 Å². The van der Waals surface area contributed by atoms with Gasteiger partial charge in [0, 0.05) is 18.6 Å². The summed E-state index contributed by atoms with van der Waals surface area (Å²) in [5.74, 6) is 0.568. The first kappa shape index (κ1) is 15.2. The lowest BCUT2D eigenvalue weighted by molar-refractivity contribution is -0.176. The zero-order valence-corrected chi connectivity index (χ0v) is 14.4. The van der Waals surface area contributed by atoms with Crippen LogP contribution in [0.4, 0.5) is 0 Å². The molecule has 0 aliphatic carbocycles. The molecule has 3 aliphatic rings. The molecule has 0 radical (unpaired) electrons. The third-order valence-corrected chi connectivity index (χ3v) is 6.76. The van der Waals surface area contributed by atoms with E-state index in [0.717, 1.165) is 38.8 Å². The highest BCUT2D eigenvalue weighted by Crippen LogP contribution is 2.51. The molecule has 0 N–H and O–H groups in total. The van der Waals surface area contributed by atoms with Gasteiger partial charge in [-0.3, -0.25) is 9.69 Å². The minimum atomic E-state index is -0.0222. The first-order valence-corrected chi connectivity index (χ1v) is 9.19. The first-order valence-electron chi connectivity index (χ1n) is 9.19. The Hall–Kier alpha value is -1.35. The Bertz CT molecular complexity index is 601. The second-order valence-electron chi connectivity index (χ2n) is 8.00. The zero-order chi connectivity index (χ0) is 16.1. The SMILES string of the molecule is CC12CCCN1C1(C)CCCN1C(=O)C2CCc1ccccc1. The lowest BCUT2D eigenvalue weighted by Gasteiger charge is -2.58. The average Bonchev–Trinajstić information content (AvgIpc) is 3.12. The highest BCUT2D eigenvalue weighted by Gasteiger charge is 2.61. The van der Waals surface area contributed by atoms with E-state index in [1.54, 1.807) is 0 Å². The van der Waals surface area contributed by atoms with Crippen LogP contribution >= 0.6 is 0 Å². The van der Waals surface area contributed by atoms with Gasteiger partial charge in [-0.05, 0) is 57.9 Å². The molecule has 1 amide bonds. The molecule has 0 saturated carbocycles. The molecule has 1 aromatic carbocycles. The van der Waals surface area contributed by atoms with Crippen LogP contribution in [0.5, 0.6) is 0 Å². The van der Waals surface area contributed by atoms with E-state index in [9.17, 15) is 4.79 Å². The van der Waals surface area contributed by atoms with Crippen molar-refractivity contribution in [3.05, 3.63) is 35.9 Å². The molecule has 3 saturated heterocycles. The minimum absolute atomic E-state index is 0.0222. The van der Waals surface area contributed by atoms with E-state index in [0.29, 0.717) is 5.91 Å². The van der Waals surface area contributed by atoms with Gasteiger partial charge in [0.1, 0.15) is 0 Å². The van der Waals surface area contributed by atoms with Gasteiger partial charge in [-0.15, -0.1) is 0 Å². The second kappa shape index (κ2) is 5.34. The van der Waals surface area contributed by atoms with Crippen molar-refractivity contribution in [3.8, 4) is 0 Å². The molecule has 1 aromatic rings. The number of fused-ring (bicyclic) bond motifs is 3. The van der Waals surface area contributed by atoms with Crippen LogP contribution in [-0.4, -0.2) is 40.0 Å². The van der Waals surface area contributed by atoms with E-state index in [2.05, 4.69) is 54.0 Å². The minimum Gasteiger partial charge on any atom is -0.324 e. The molecular weight excluding hydrogens is 284 g/mol. The topological polar surface area (TPSA) is 23.6 Å². The summed E-state index contributed by atoms with van der Waals surface area (Å²) in [5, 5.41) is 0. The summed E-state index contributed by atoms with van der Waals surface area (Å²) in [5.41, 5.74) is 1.38. The van der Waals surface area contributed by atoms with Crippen LogP contribution in [0.2, 0.25) is 0 Å². The fourth-order valence-corrected chi connectivity index (χ4v) is 5.56. The number of amides is 1. The van der Waals surface area contributed by atoms with Crippen molar-refractivity contribution in [1.29, 1.82) is 0 Å². The van der Waals surface area contributed by atoms with Gasteiger partial charge in [0.2, 0.25) is 5.91 Å². The molecule has 4 rings (SSSR count). The van der Waals surface area contributed by atoms with Crippen LogP contribution in [0.15, 0.2) is 30.3 Å².